The molecule has 3 aromatic carbocycles. The third kappa shape index (κ3) is 4.46. The van der Waals surface area contributed by atoms with E-state index in [0.29, 0.717) is 34.1 Å². The van der Waals surface area contributed by atoms with Crippen LogP contribution in [0.5, 0.6) is 23.0 Å². The number of rotatable bonds is 9. The molecule has 0 radical (unpaired) electrons. The summed E-state index contributed by atoms with van der Waals surface area (Å²) in [4.78, 5) is 29.3. The average Bonchev–Trinajstić information content (AvgIpc) is 3.18. The third-order valence-corrected chi connectivity index (χ3v) is 6.48. The van der Waals surface area contributed by atoms with Crippen LogP contribution in [0.25, 0.3) is 0 Å². The Hall–Kier alpha value is -4.46. The van der Waals surface area contributed by atoms with Crippen LogP contribution in [0.4, 0.5) is 0 Å². The minimum absolute atomic E-state index is 0.0187. The van der Waals surface area contributed by atoms with Crippen molar-refractivity contribution < 1.29 is 33.6 Å². The van der Waals surface area contributed by atoms with Gasteiger partial charge < -0.3 is 29.0 Å². The van der Waals surface area contributed by atoms with Gasteiger partial charge in [-0.15, -0.1) is 0 Å². The molecule has 0 saturated heterocycles. The van der Waals surface area contributed by atoms with Crippen LogP contribution in [0.2, 0.25) is 0 Å². The van der Waals surface area contributed by atoms with Gasteiger partial charge in [-0.25, -0.2) is 0 Å². The molecule has 0 saturated carbocycles. The molecule has 1 amide bonds. The lowest BCUT2D eigenvalue weighted by atomic mass is 9.81. The van der Waals surface area contributed by atoms with Gasteiger partial charge in [-0.3, -0.25) is 9.59 Å². The molecule has 1 aliphatic heterocycles. The zero-order valence-corrected chi connectivity index (χ0v) is 21.4. The van der Waals surface area contributed by atoms with E-state index in [9.17, 15) is 14.7 Å². The van der Waals surface area contributed by atoms with E-state index in [-0.39, 0.29) is 12.1 Å². The highest BCUT2D eigenvalue weighted by molar-refractivity contribution is 6.13. The minimum Gasteiger partial charge on any atom is -0.503 e. The SMILES string of the molecule is COc1cccc(CN2C(=O)C(O)=CC2(C(=O)c2cc(C)ccc2OC)c2ccc(OC)c(OC)c2)c1. The topological polar surface area (TPSA) is 94.5 Å². The largest absolute Gasteiger partial charge is 0.503 e. The van der Waals surface area contributed by atoms with Gasteiger partial charge in [0.25, 0.3) is 5.91 Å². The second-order valence-electron chi connectivity index (χ2n) is 8.64. The summed E-state index contributed by atoms with van der Waals surface area (Å²) in [6.07, 6.45) is 1.29. The Labute approximate surface area is 215 Å². The van der Waals surface area contributed by atoms with Crippen LogP contribution in [0, 0.1) is 6.92 Å². The summed E-state index contributed by atoms with van der Waals surface area (Å²) < 4.78 is 21.7. The summed E-state index contributed by atoms with van der Waals surface area (Å²) >= 11 is 0. The van der Waals surface area contributed by atoms with E-state index in [0.717, 1.165) is 5.56 Å². The first-order valence-corrected chi connectivity index (χ1v) is 11.6. The smallest absolute Gasteiger partial charge is 0.290 e. The van der Waals surface area contributed by atoms with Crippen molar-refractivity contribution in [2.45, 2.75) is 19.0 Å². The molecule has 1 heterocycles. The number of methoxy groups -OCH3 is 4. The molecule has 0 bridgehead atoms. The van der Waals surface area contributed by atoms with Crippen molar-refractivity contribution >= 4 is 11.7 Å². The Balaban J connectivity index is 1.98. The Bertz CT molecular complexity index is 1380. The van der Waals surface area contributed by atoms with Gasteiger partial charge in [0.1, 0.15) is 11.5 Å². The summed E-state index contributed by atoms with van der Waals surface area (Å²) in [6.45, 7) is 1.88. The lowest BCUT2D eigenvalue weighted by molar-refractivity contribution is -0.131. The van der Waals surface area contributed by atoms with Crippen LogP contribution in [-0.4, -0.2) is 50.1 Å². The fourth-order valence-electron chi connectivity index (χ4n) is 4.62. The fourth-order valence-corrected chi connectivity index (χ4v) is 4.62. The van der Waals surface area contributed by atoms with Crippen molar-refractivity contribution in [1.29, 1.82) is 0 Å². The molecule has 0 spiro atoms. The van der Waals surface area contributed by atoms with E-state index in [4.69, 9.17) is 18.9 Å². The van der Waals surface area contributed by atoms with Crippen molar-refractivity contribution in [3.63, 3.8) is 0 Å². The van der Waals surface area contributed by atoms with E-state index in [1.165, 1.54) is 32.3 Å². The predicted octanol–water partition coefficient (Wildman–Crippen LogP) is 4.59. The number of Topliss-reactive ketones (excluding diaryl/α,β-unsaturated/α-hetero) is 1. The van der Waals surface area contributed by atoms with Crippen LogP contribution in [0.15, 0.2) is 72.5 Å². The van der Waals surface area contributed by atoms with Crippen molar-refractivity contribution in [1.82, 2.24) is 4.90 Å². The molecule has 0 aromatic heterocycles. The quantitative estimate of drug-likeness (QED) is 0.427. The summed E-state index contributed by atoms with van der Waals surface area (Å²) in [5, 5.41) is 10.8. The summed E-state index contributed by atoms with van der Waals surface area (Å²) in [6, 6.07) is 17.4. The van der Waals surface area contributed by atoms with Crippen LogP contribution >= 0.6 is 0 Å². The van der Waals surface area contributed by atoms with Crippen molar-refractivity contribution in [2.24, 2.45) is 0 Å². The molecule has 3 aromatic rings. The van der Waals surface area contributed by atoms with Gasteiger partial charge in [0.15, 0.2) is 22.8 Å². The van der Waals surface area contributed by atoms with Gasteiger partial charge in [-0.2, -0.15) is 0 Å². The van der Waals surface area contributed by atoms with E-state index < -0.39 is 23.0 Å². The zero-order valence-electron chi connectivity index (χ0n) is 21.4. The second kappa shape index (κ2) is 10.3. The van der Waals surface area contributed by atoms with Crippen LogP contribution < -0.4 is 18.9 Å². The highest BCUT2D eigenvalue weighted by Crippen LogP contribution is 2.45. The highest BCUT2D eigenvalue weighted by Gasteiger charge is 2.53. The molecule has 1 atom stereocenters. The molecule has 0 aliphatic carbocycles. The predicted molar refractivity (Wildman–Crippen MR) is 138 cm³/mol. The number of aliphatic hydroxyl groups excluding tert-OH is 1. The maximum atomic E-state index is 14.5. The summed E-state index contributed by atoms with van der Waals surface area (Å²) in [5.74, 6) is 0.125. The average molecular weight is 504 g/mol. The number of benzene rings is 3. The first-order valence-electron chi connectivity index (χ1n) is 11.6. The number of amides is 1. The number of ether oxygens (including phenoxy) is 4. The molecule has 1 aliphatic rings. The Kier molecular flexibility index (Phi) is 7.11. The summed E-state index contributed by atoms with van der Waals surface area (Å²) in [7, 11) is 6.03. The van der Waals surface area contributed by atoms with Gasteiger partial charge >= 0.3 is 0 Å². The van der Waals surface area contributed by atoms with E-state index in [1.54, 1.807) is 55.6 Å². The van der Waals surface area contributed by atoms with Gasteiger partial charge in [0.2, 0.25) is 5.78 Å². The molecule has 4 rings (SSSR count). The fraction of sp³-hybridized carbons (Fsp3) is 0.241. The van der Waals surface area contributed by atoms with Crippen LogP contribution in [0.3, 0.4) is 0 Å². The van der Waals surface area contributed by atoms with E-state index in [1.807, 2.05) is 19.1 Å². The number of aryl methyl sites for hydroxylation is 1. The molecular formula is C29H29NO7. The third-order valence-electron chi connectivity index (χ3n) is 6.48. The van der Waals surface area contributed by atoms with E-state index >= 15 is 0 Å². The lowest BCUT2D eigenvalue weighted by Gasteiger charge is -2.37. The number of carbonyl (C=O) groups excluding carboxylic acids is 2. The van der Waals surface area contributed by atoms with E-state index in [2.05, 4.69) is 0 Å². The molecule has 1 N–H and O–H groups in total. The molecule has 192 valence electrons. The minimum atomic E-state index is -1.70. The van der Waals surface area contributed by atoms with Crippen molar-refractivity contribution in [2.75, 3.05) is 28.4 Å². The zero-order chi connectivity index (χ0) is 26.7. The normalized spacial score (nSPS) is 16.8. The second-order valence-corrected chi connectivity index (χ2v) is 8.64. The molecular weight excluding hydrogens is 474 g/mol. The Morgan fingerprint density at radius 1 is 0.865 bits per heavy atom. The highest BCUT2D eigenvalue weighted by atomic mass is 16.5. The summed E-state index contributed by atoms with van der Waals surface area (Å²) in [5.41, 5.74) is 0.532. The first-order chi connectivity index (χ1) is 17.8. The maximum absolute atomic E-state index is 14.5. The number of hydrogen-bond acceptors (Lipinski definition) is 7. The number of carbonyl (C=O) groups is 2. The molecule has 37 heavy (non-hydrogen) atoms. The monoisotopic (exact) mass is 503 g/mol. The Morgan fingerprint density at radius 2 is 1.57 bits per heavy atom. The molecule has 0 fully saturated rings. The number of nitrogens with zero attached hydrogens (tertiary/aromatic N) is 1. The van der Waals surface area contributed by atoms with Gasteiger partial charge in [0, 0.05) is 12.6 Å². The molecule has 8 nitrogen and oxygen atoms in total. The standard InChI is InChI=1S/C29H29NO7/c1-18-9-11-24(35-3)22(13-18)27(32)29(20-10-12-25(36-4)26(15-20)37-5)16-23(31)28(33)30(29)17-19-7-6-8-21(14-19)34-2/h6-16,31H,17H2,1-5H3. The molecule has 1 unspecified atom stereocenters. The Morgan fingerprint density at radius 3 is 2.24 bits per heavy atom. The lowest BCUT2D eigenvalue weighted by Crippen LogP contribution is -2.49. The number of aliphatic hydroxyl groups is 1. The number of hydrogen-bond donors (Lipinski definition) is 1. The van der Waals surface area contributed by atoms with Crippen molar-refractivity contribution in [3.8, 4) is 23.0 Å². The van der Waals surface area contributed by atoms with Gasteiger partial charge in [0.05, 0.1) is 34.0 Å². The van der Waals surface area contributed by atoms with Crippen molar-refractivity contribution in [3.05, 3.63) is 94.8 Å². The van der Waals surface area contributed by atoms with Crippen LogP contribution in [0.1, 0.15) is 27.0 Å². The molecule has 8 heteroatoms. The van der Waals surface area contributed by atoms with Gasteiger partial charge in [-0.05, 0) is 54.4 Å². The van der Waals surface area contributed by atoms with Crippen LogP contribution in [-0.2, 0) is 16.9 Å². The number of ketones is 1. The maximum Gasteiger partial charge on any atom is 0.290 e. The van der Waals surface area contributed by atoms with Gasteiger partial charge in [-0.1, -0.05) is 29.8 Å². The first kappa shape index (κ1) is 25.6.